The monoisotopic (exact) mass is 243 g/mol. The molecule has 0 aromatic carbocycles. The summed E-state index contributed by atoms with van der Waals surface area (Å²) in [4.78, 5) is 27.6. The van der Waals surface area contributed by atoms with E-state index in [0.717, 1.165) is 5.69 Å². The average molecular weight is 243 g/mol. The number of hydrogen-bond acceptors (Lipinski definition) is 5. The zero-order valence-electron chi connectivity index (χ0n) is 10.2. The van der Waals surface area contributed by atoms with Crippen LogP contribution in [0.2, 0.25) is 0 Å². The Morgan fingerprint density at radius 1 is 1.17 bits per heavy atom. The molecular weight excluding hydrogens is 230 g/mol. The van der Waals surface area contributed by atoms with Crippen molar-refractivity contribution in [1.29, 1.82) is 0 Å². The Labute approximate surface area is 104 Å². The Kier molecular flexibility index (Phi) is 3.27. The maximum absolute atomic E-state index is 11.1. The molecule has 2 aromatic rings. The molecule has 0 saturated heterocycles. The van der Waals surface area contributed by atoms with E-state index >= 15 is 0 Å². The van der Waals surface area contributed by atoms with Gasteiger partial charge in [-0.25, -0.2) is 9.97 Å². The van der Waals surface area contributed by atoms with Gasteiger partial charge in [0.25, 0.3) is 5.91 Å². The lowest BCUT2D eigenvalue weighted by atomic mass is 10.1. The van der Waals surface area contributed by atoms with Crippen molar-refractivity contribution < 1.29 is 4.79 Å². The fourth-order valence-corrected chi connectivity index (χ4v) is 1.59. The summed E-state index contributed by atoms with van der Waals surface area (Å²) in [5.74, 6) is -0.380. The molecule has 0 radical (unpaired) electrons. The quantitative estimate of drug-likeness (QED) is 0.872. The molecule has 2 rings (SSSR count). The van der Waals surface area contributed by atoms with Gasteiger partial charge in [0.05, 0.1) is 11.4 Å². The first-order valence-corrected chi connectivity index (χ1v) is 5.52. The van der Waals surface area contributed by atoms with Crippen molar-refractivity contribution in [2.45, 2.75) is 19.8 Å². The van der Waals surface area contributed by atoms with E-state index in [0.29, 0.717) is 11.4 Å². The van der Waals surface area contributed by atoms with Crippen molar-refractivity contribution in [1.82, 2.24) is 19.9 Å². The van der Waals surface area contributed by atoms with Gasteiger partial charge in [0, 0.05) is 12.4 Å². The number of primary amides is 1. The third-order valence-electron chi connectivity index (χ3n) is 2.44. The van der Waals surface area contributed by atoms with Crippen LogP contribution in [-0.4, -0.2) is 25.8 Å². The number of nitrogens with two attached hydrogens (primary N) is 1. The summed E-state index contributed by atoms with van der Waals surface area (Å²) in [5.41, 5.74) is 7.39. The first-order chi connectivity index (χ1) is 8.59. The molecule has 2 aromatic heterocycles. The molecule has 6 nitrogen and oxygen atoms in total. The second-order valence-electron chi connectivity index (χ2n) is 4.10. The molecule has 0 spiro atoms. The van der Waals surface area contributed by atoms with Gasteiger partial charge < -0.3 is 5.73 Å². The van der Waals surface area contributed by atoms with Crippen LogP contribution >= 0.6 is 0 Å². The molecule has 0 aliphatic heterocycles. The second-order valence-corrected chi connectivity index (χ2v) is 4.10. The van der Waals surface area contributed by atoms with E-state index in [1.165, 1.54) is 12.4 Å². The van der Waals surface area contributed by atoms with E-state index in [-0.39, 0.29) is 11.6 Å². The lowest BCUT2D eigenvalue weighted by Gasteiger charge is -2.09. The molecule has 2 heterocycles. The van der Waals surface area contributed by atoms with E-state index in [9.17, 15) is 4.79 Å². The number of carbonyl (C=O) groups excluding carboxylic acids is 1. The van der Waals surface area contributed by atoms with Crippen LogP contribution in [0.5, 0.6) is 0 Å². The highest BCUT2D eigenvalue weighted by Gasteiger charge is 2.14. The van der Waals surface area contributed by atoms with Crippen LogP contribution in [0.15, 0.2) is 24.8 Å². The van der Waals surface area contributed by atoms with Gasteiger partial charge in [0.2, 0.25) is 0 Å². The summed E-state index contributed by atoms with van der Waals surface area (Å²) in [6.45, 7) is 4.04. The summed E-state index contributed by atoms with van der Waals surface area (Å²) < 4.78 is 0. The Hall–Kier alpha value is -2.37. The molecule has 18 heavy (non-hydrogen) atoms. The number of aromatic nitrogens is 4. The Morgan fingerprint density at radius 3 is 2.56 bits per heavy atom. The third-order valence-corrected chi connectivity index (χ3v) is 2.44. The third kappa shape index (κ3) is 2.32. The smallest absolute Gasteiger partial charge is 0.267 e. The highest BCUT2D eigenvalue weighted by molar-refractivity contribution is 5.91. The van der Waals surface area contributed by atoms with Crippen LogP contribution in [0.3, 0.4) is 0 Å². The standard InChI is InChI=1S/C12H13N5O/c1-7(2)10-11(15-4-3-14-10)8-5-9(12(13)18)17-6-16-8/h3-7H,1-2H3,(H2,13,18). The molecule has 6 heteroatoms. The lowest BCUT2D eigenvalue weighted by molar-refractivity contribution is 0.0995. The average Bonchev–Trinajstić information content (AvgIpc) is 2.39. The van der Waals surface area contributed by atoms with Crippen LogP contribution in [-0.2, 0) is 0 Å². The van der Waals surface area contributed by atoms with Crippen LogP contribution in [0.4, 0.5) is 0 Å². The minimum atomic E-state index is -0.589. The van der Waals surface area contributed by atoms with Crippen LogP contribution in [0.1, 0.15) is 35.9 Å². The summed E-state index contributed by atoms with van der Waals surface area (Å²) in [5, 5.41) is 0. The van der Waals surface area contributed by atoms with E-state index < -0.39 is 5.91 Å². The Morgan fingerprint density at radius 2 is 1.89 bits per heavy atom. The van der Waals surface area contributed by atoms with Crippen molar-refractivity contribution in [3.63, 3.8) is 0 Å². The first kappa shape index (κ1) is 12.1. The fourth-order valence-electron chi connectivity index (χ4n) is 1.59. The molecule has 0 fully saturated rings. The highest BCUT2D eigenvalue weighted by atomic mass is 16.1. The van der Waals surface area contributed by atoms with Crippen molar-refractivity contribution in [2.75, 3.05) is 0 Å². The Bertz CT molecular complexity index is 582. The largest absolute Gasteiger partial charge is 0.364 e. The number of carbonyl (C=O) groups is 1. The van der Waals surface area contributed by atoms with Gasteiger partial charge in [-0.1, -0.05) is 13.8 Å². The van der Waals surface area contributed by atoms with E-state index in [1.807, 2.05) is 13.8 Å². The zero-order chi connectivity index (χ0) is 13.1. The summed E-state index contributed by atoms with van der Waals surface area (Å²) in [6.07, 6.45) is 4.52. The number of rotatable bonds is 3. The maximum atomic E-state index is 11.1. The van der Waals surface area contributed by atoms with Gasteiger partial charge in [0.1, 0.15) is 17.7 Å². The normalized spacial score (nSPS) is 10.6. The second kappa shape index (κ2) is 4.87. The van der Waals surface area contributed by atoms with Gasteiger partial charge in [0.15, 0.2) is 0 Å². The summed E-state index contributed by atoms with van der Waals surface area (Å²) in [6, 6.07) is 1.53. The minimum Gasteiger partial charge on any atom is -0.364 e. The first-order valence-electron chi connectivity index (χ1n) is 5.52. The predicted octanol–water partition coefficient (Wildman–Crippen LogP) is 1.16. The number of amides is 1. The molecule has 0 bridgehead atoms. The SMILES string of the molecule is CC(C)c1nccnc1-c1cc(C(N)=O)ncn1. The van der Waals surface area contributed by atoms with Crippen molar-refractivity contribution in [3.05, 3.63) is 36.2 Å². The molecule has 92 valence electrons. The van der Waals surface area contributed by atoms with Crippen molar-refractivity contribution >= 4 is 5.91 Å². The summed E-state index contributed by atoms with van der Waals surface area (Å²) in [7, 11) is 0. The van der Waals surface area contributed by atoms with Crippen LogP contribution in [0, 0.1) is 0 Å². The topological polar surface area (TPSA) is 94.7 Å². The van der Waals surface area contributed by atoms with Gasteiger partial charge in [-0.05, 0) is 12.0 Å². The maximum Gasteiger partial charge on any atom is 0.267 e. The molecule has 1 amide bonds. The molecule has 0 aliphatic rings. The van der Waals surface area contributed by atoms with E-state index in [4.69, 9.17) is 5.73 Å². The molecule has 0 saturated carbocycles. The fraction of sp³-hybridized carbons (Fsp3) is 0.250. The lowest BCUT2D eigenvalue weighted by Crippen LogP contribution is -2.13. The van der Waals surface area contributed by atoms with Crippen LogP contribution in [0.25, 0.3) is 11.4 Å². The summed E-state index contributed by atoms with van der Waals surface area (Å²) >= 11 is 0. The van der Waals surface area contributed by atoms with Gasteiger partial charge in [-0.2, -0.15) is 0 Å². The van der Waals surface area contributed by atoms with E-state index in [2.05, 4.69) is 19.9 Å². The van der Waals surface area contributed by atoms with Crippen LogP contribution < -0.4 is 5.73 Å². The zero-order valence-corrected chi connectivity index (χ0v) is 10.2. The Balaban J connectivity index is 2.55. The van der Waals surface area contributed by atoms with Crippen molar-refractivity contribution in [3.8, 4) is 11.4 Å². The highest BCUT2D eigenvalue weighted by Crippen LogP contribution is 2.23. The molecular formula is C12H13N5O. The number of hydrogen-bond donors (Lipinski definition) is 1. The predicted molar refractivity (Wildman–Crippen MR) is 65.7 cm³/mol. The van der Waals surface area contributed by atoms with Gasteiger partial charge >= 0.3 is 0 Å². The van der Waals surface area contributed by atoms with Gasteiger partial charge in [-0.15, -0.1) is 0 Å². The minimum absolute atomic E-state index is 0.167. The number of nitrogens with zero attached hydrogens (tertiary/aromatic N) is 4. The van der Waals surface area contributed by atoms with E-state index in [1.54, 1.807) is 12.4 Å². The van der Waals surface area contributed by atoms with Gasteiger partial charge in [-0.3, -0.25) is 14.8 Å². The molecule has 0 aliphatic carbocycles. The molecule has 0 atom stereocenters. The molecule has 0 unspecified atom stereocenters. The molecule has 2 N–H and O–H groups in total. The van der Waals surface area contributed by atoms with Crippen molar-refractivity contribution in [2.24, 2.45) is 5.73 Å².